The molecule has 0 amide bonds. The van der Waals surface area contributed by atoms with Gasteiger partial charge in [-0.05, 0) is 31.2 Å². The molecule has 0 aliphatic rings. The molecule has 0 spiro atoms. The van der Waals surface area contributed by atoms with Crippen molar-refractivity contribution in [2.75, 3.05) is 10.5 Å². The quantitative estimate of drug-likeness (QED) is 0.805. The number of hydrogen-bond acceptors (Lipinski definition) is 2. The second-order valence-electron chi connectivity index (χ2n) is 2.53. The number of sulfonamides is 1. The summed E-state index contributed by atoms with van der Waals surface area (Å²) in [5.41, 5.74) is 0.418. The van der Waals surface area contributed by atoms with E-state index in [1.54, 1.807) is 6.92 Å². The predicted octanol–water partition coefficient (Wildman–Crippen LogP) is 1.59. The molecule has 1 rings (SSSR count). The standard InChI is InChI=1S/C8H10NO3S/c1-2-13(11,12)9-7-3-5-8(10)6-4-7/h3-6,9H,2H2,1H3. The van der Waals surface area contributed by atoms with Crippen LogP contribution in [0.4, 0.5) is 5.69 Å². The van der Waals surface area contributed by atoms with Gasteiger partial charge >= 0.3 is 0 Å². The van der Waals surface area contributed by atoms with Crippen molar-refractivity contribution in [1.82, 2.24) is 0 Å². The fourth-order valence-electron chi connectivity index (χ4n) is 0.775. The fourth-order valence-corrected chi connectivity index (χ4v) is 1.41. The molecule has 1 aromatic carbocycles. The Morgan fingerprint density at radius 3 is 2.23 bits per heavy atom. The van der Waals surface area contributed by atoms with E-state index >= 15 is 0 Å². The van der Waals surface area contributed by atoms with E-state index in [0.717, 1.165) is 0 Å². The SMILES string of the molecule is CCS(=O)(=O)Nc1ccc([O])cc1. The van der Waals surface area contributed by atoms with Gasteiger partial charge in [0, 0.05) is 5.69 Å². The molecule has 1 N–H and O–H groups in total. The number of rotatable bonds is 3. The van der Waals surface area contributed by atoms with Crippen LogP contribution in [0.15, 0.2) is 24.3 Å². The molecule has 0 heterocycles. The number of nitrogens with one attached hydrogen (secondary N) is 1. The molecule has 0 atom stereocenters. The Labute approximate surface area is 77.3 Å². The van der Waals surface area contributed by atoms with Gasteiger partial charge in [-0.15, -0.1) is 0 Å². The van der Waals surface area contributed by atoms with Crippen LogP contribution in [-0.4, -0.2) is 14.2 Å². The van der Waals surface area contributed by atoms with E-state index in [2.05, 4.69) is 4.72 Å². The van der Waals surface area contributed by atoms with E-state index in [1.165, 1.54) is 24.3 Å². The highest BCUT2D eigenvalue weighted by Gasteiger charge is 2.05. The molecule has 4 nitrogen and oxygen atoms in total. The molecule has 0 bridgehead atoms. The van der Waals surface area contributed by atoms with Crippen LogP contribution in [0.25, 0.3) is 0 Å². The zero-order valence-electron chi connectivity index (χ0n) is 7.15. The van der Waals surface area contributed by atoms with Crippen LogP contribution in [0.5, 0.6) is 5.75 Å². The Balaban J connectivity index is 2.82. The number of anilines is 1. The van der Waals surface area contributed by atoms with E-state index in [1.807, 2.05) is 0 Å². The molecule has 13 heavy (non-hydrogen) atoms. The third-order valence-corrected chi connectivity index (χ3v) is 2.81. The van der Waals surface area contributed by atoms with Crippen LogP contribution in [0.3, 0.4) is 0 Å². The van der Waals surface area contributed by atoms with E-state index < -0.39 is 10.0 Å². The van der Waals surface area contributed by atoms with E-state index in [-0.39, 0.29) is 11.5 Å². The first-order valence-corrected chi connectivity index (χ1v) is 5.46. The van der Waals surface area contributed by atoms with Gasteiger partial charge in [-0.2, -0.15) is 0 Å². The van der Waals surface area contributed by atoms with Crippen LogP contribution in [0.2, 0.25) is 0 Å². The molecule has 0 fully saturated rings. The Morgan fingerprint density at radius 2 is 1.77 bits per heavy atom. The minimum Gasteiger partial charge on any atom is -0.290 e. The monoisotopic (exact) mass is 200 g/mol. The van der Waals surface area contributed by atoms with Crippen molar-refractivity contribution in [2.24, 2.45) is 0 Å². The van der Waals surface area contributed by atoms with Crippen LogP contribution in [0, 0.1) is 0 Å². The number of hydrogen-bond donors (Lipinski definition) is 1. The minimum atomic E-state index is -3.24. The number of benzene rings is 1. The van der Waals surface area contributed by atoms with Crippen molar-refractivity contribution in [2.45, 2.75) is 6.92 Å². The molecular weight excluding hydrogens is 190 g/mol. The summed E-state index contributed by atoms with van der Waals surface area (Å²) in [7, 11) is -3.24. The van der Waals surface area contributed by atoms with Gasteiger partial charge < -0.3 is 0 Å². The smallest absolute Gasteiger partial charge is 0.232 e. The molecule has 0 unspecified atom stereocenters. The van der Waals surface area contributed by atoms with Gasteiger partial charge in [-0.1, -0.05) is 0 Å². The van der Waals surface area contributed by atoms with Crippen molar-refractivity contribution >= 4 is 15.7 Å². The Morgan fingerprint density at radius 1 is 1.23 bits per heavy atom. The summed E-state index contributed by atoms with van der Waals surface area (Å²) in [5, 5.41) is 10.7. The van der Waals surface area contributed by atoms with Gasteiger partial charge in [-0.25, -0.2) is 8.42 Å². The first kappa shape index (κ1) is 9.85. The Kier molecular flexibility index (Phi) is 2.77. The van der Waals surface area contributed by atoms with Crippen molar-refractivity contribution in [3.8, 4) is 5.75 Å². The molecule has 0 aliphatic carbocycles. The van der Waals surface area contributed by atoms with Gasteiger partial charge in [0.2, 0.25) is 10.0 Å². The Hall–Kier alpha value is -1.23. The van der Waals surface area contributed by atoms with Gasteiger partial charge in [0.1, 0.15) is 0 Å². The predicted molar refractivity (Wildman–Crippen MR) is 49.7 cm³/mol. The first-order chi connectivity index (χ1) is 6.03. The molecule has 1 aromatic rings. The summed E-state index contributed by atoms with van der Waals surface area (Å²) in [5.74, 6) is -0.119. The molecule has 0 aromatic heterocycles. The lowest BCUT2D eigenvalue weighted by Crippen LogP contribution is -2.14. The van der Waals surface area contributed by atoms with Crippen molar-refractivity contribution < 1.29 is 13.5 Å². The highest BCUT2D eigenvalue weighted by molar-refractivity contribution is 7.92. The topological polar surface area (TPSA) is 66.1 Å². The second-order valence-corrected chi connectivity index (χ2v) is 4.54. The minimum absolute atomic E-state index is 0.0200. The first-order valence-electron chi connectivity index (χ1n) is 3.81. The van der Waals surface area contributed by atoms with Gasteiger partial charge in [0.15, 0.2) is 5.75 Å². The van der Waals surface area contributed by atoms with Gasteiger partial charge in [0.25, 0.3) is 0 Å². The summed E-state index contributed by atoms with van der Waals surface area (Å²) in [6, 6.07) is 5.51. The normalized spacial score (nSPS) is 11.2. The van der Waals surface area contributed by atoms with Gasteiger partial charge in [0.05, 0.1) is 5.75 Å². The van der Waals surface area contributed by atoms with Crippen LogP contribution in [0.1, 0.15) is 6.92 Å². The molecule has 0 aliphatic heterocycles. The fraction of sp³-hybridized carbons (Fsp3) is 0.250. The zero-order valence-corrected chi connectivity index (χ0v) is 7.97. The summed E-state index contributed by atoms with van der Waals surface area (Å²) in [6.07, 6.45) is 0. The lowest BCUT2D eigenvalue weighted by molar-refractivity contribution is 0.355. The van der Waals surface area contributed by atoms with Crippen molar-refractivity contribution in [1.29, 1.82) is 0 Å². The lowest BCUT2D eigenvalue weighted by Gasteiger charge is -2.04. The van der Waals surface area contributed by atoms with E-state index in [4.69, 9.17) is 0 Å². The molecule has 0 saturated heterocycles. The lowest BCUT2D eigenvalue weighted by atomic mass is 10.3. The largest absolute Gasteiger partial charge is 0.290 e. The summed E-state index contributed by atoms with van der Waals surface area (Å²) in [6.45, 7) is 1.55. The molecule has 1 radical (unpaired) electrons. The van der Waals surface area contributed by atoms with E-state index in [0.29, 0.717) is 5.69 Å². The summed E-state index contributed by atoms with van der Waals surface area (Å²) in [4.78, 5) is 0. The Bertz CT molecular complexity index is 369. The van der Waals surface area contributed by atoms with Crippen LogP contribution in [-0.2, 0) is 15.1 Å². The maximum atomic E-state index is 11.1. The maximum Gasteiger partial charge on any atom is 0.232 e. The highest BCUT2D eigenvalue weighted by atomic mass is 32.2. The molecule has 71 valence electrons. The molecular formula is C8H10NO3S. The highest BCUT2D eigenvalue weighted by Crippen LogP contribution is 2.15. The average molecular weight is 200 g/mol. The summed E-state index contributed by atoms with van der Waals surface area (Å²) >= 11 is 0. The van der Waals surface area contributed by atoms with Crippen LogP contribution < -0.4 is 4.72 Å². The van der Waals surface area contributed by atoms with Crippen molar-refractivity contribution in [3.63, 3.8) is 0 Å². The van der Waals surface area contributed by atoms with E-state index in [9.17, 15) is 13.5 Å². The molecule has 5 heteroatoms. The third kappa shape index (κ3) is 2.95. The zero-order chi connectivity index (χ0) is 9.90. The molecule has 0 saturated carbocycles. The van der Waals surface area contributed by atoms with Crippen molar-refractivity contribution in [3.05, 3.63) is 24.3 Å². The maximum absolute atomic E-state index is 11.1. The summed E-state index contributed by atoms with van der Waals surface area (Å²) < 4.78 is 24.5. The van der Waals surface area contributed by atoms with Gasteiger partial charge in [-0.3, -0.25) is 9.83 Å². The second kappa shape index (κ2) is 3.66. The third-order valence-electron chi connectivity index (χ3n) is 1.51. The van der Waals surface area contributed by atoms with Crippen LogP contribution >= 0.6 is 0 Å². The average Bonchev–Trinajstić information content (AvgIpc) is 2.09.